The van der Waals surface area contributed by atoms with Gasteiger partial charge in [0.1, 0.15) is 0 Å². The van der Waals surface area contributed by atoms with Crippen LogP contribution in [0.2, 0.25) is 0 Å². The molecule has 0 bridgehead atoms. The first-order valence-electron chi connectivity index (χ1n) is 8.18. The Hall–Kier alpha value is -2.08. The molecular weight excluding hydrogens is 308 g/mol. The average molecular weight is 336 g/mol. The van der Waals surface area contributed by atoms with Crippen LogP contribution in [-0.2, 0) is 11.2 Å². The number of rotatable bonds is 9. The van der Waals surface area contributed by atoms with Crippen molar-refractivity contribution in [2.24, 2.45) is 11.3 Å². The van der Waals surface area contributed by atoms with Gasteiger partial charge in [-0.2, -0.15) is 0 Å². The Labute approximate surface area is 143 Å². The molecule has 0 aliphatic carbocycles. The molecule has 1 aromatic rings. The Kier molecular flexibility index (Phi) is 7.71. The summed E-state index contributed by atoms with van der Waals surface area (Å²) in [5.41, 5.74) is 0.555. The molecule has 0 unspecified atom stereocenters. The number of hydrogen-bond acceptors (Lipinski definition) is 3. The molecule has 1 aromatic carbocycles. The Morgan fingerprint density at radius 2 is 1.83 bits per heavy atom. The van der Waals surface area contributed by atoms with Gasteiger partial charge in [-0.1, -0.05) is 51.1 Å². The summed E-state index contributed by atoms with van der Waals surface area (Å²) in [6.07, 6.45) is 0.698. The number of benzene rings is 1. The minimum Gasteiger partial charge on any atom is -0.481 e. The topological polar surface area (TPSA) is 89.9 Å². The van der Waals surface area contributed by atoms with E-state index in [0.29, 0.717) is 13.0 Å². The normalized spacial score (nSPS) is 12.5. The number of nitrogens with one attached hydrogen (secondary N) is 1. The Balaban J connectivity index is 2.58. The van der Waals surface area contributed by atoms with Gasteiger partial charge in [0.2, 0.25) is 0 Å². The first-order chi connectivity index (χ1) is 11.3. The first-order valence-corrected chi connectivity index (χ1v) is 8.18. The third-order valence-electron chi connectivity index (χ3n) is 4.41. The van der Waals surface area contributed by atoms with E-state index in [0.717, 1.165) is 5.56 Å². The molecule has 1 rings (SSSR count). The van der Waals surface area contributed by atoms with Crippen molar-refractivity contribution < 1.29 is 19.8 Å². The third kappa shape index (κ3) is 6.20. The van der Waals surface area contributed by atoms with Gasteiger partial charge in [-0.3, -0.25) is 4.79 Å². The van der Waals surface area contributed by atoms with Crippen LogP contribution < -0.4 is 5.32 Å². The molecule has 0 aliphatic rings. The van der Waals surface area contributed by atoms with E-state index >= 15 is 0 Å². The predicted octanol–water partition coefficient (Wildman–Crippen LogP) is 1.98. The lowest BCUT2D eigenvalue weighted by atomic mass is 9.80. The summed E-state index contributed by atoms with van der Waals surface area (Å²) in [6, 6.07) is 9.53. The van der Waals surface area contributed by atoms with Crippen LogP contribution in [0.1, 0.15) is 26.3 Å². The van der Waals surface area contributed by atoms with E-state index in [-0.39, 0.29) is 25.7 Å². The number of carbonyl (C=O) groups is 2. The van der Waals surface area contributed by atoms with E-state index in [1.165, 1.54) is 0 Å². The van der Waals surface area contributed by atoms with Gasteiger partial charge in [-0.05, 0) is 17.4 Å². The molecule has 1 atom stereocenters. The first kappa shape index (κ1) is 20.0. The average Bonchev–Trinajstić information content (AvgIpc) is 2.56. The zero-order valence-corrected chi connectivity index (χ0v) is 14.7. The van der Waals surface area contributed by atoms with Crippen LogP contribution in [0.5, 0.6) is 0 Å². The largest absolute Gasteiger partial charge is 0.481 e. The maximum Gasteiger partial charge on any atom is 0.317 e. The second-order valence-electron chi connectivity index (χ2n) is 6.65. The van der Waals surface area contributed by atoms with Crippen molar-refractivity contribution in [3.63, 3.8) is 0 Å². The SMILES string of the molecule is C[C@H](C(=O)O)C(C)(C)CNC(=O)N(CCO)CCc1ccccc1. The van der Waals surface area contributed by atoms with Crippen molar-refractivity contribution in [2.75, 3.05) is 26.2 Å². The molecule has 6 nitrogen and oxygen atoms in total. The smallest absolute Gasteiger partial charge is 0.317 e. The van der Waals surface area contributed by atoms with Gasteiger partial charge in [0, 0.05) is 19.6 Å². The lowest BCUT2D eigenvalue weighted by Crippen LogP contribution is -2.47. The molecule has 134 valence electrons. The zero-order valence-electron chi connectivity index (χ0n) is 14.7. The summed E-state index contributed by atoms with van der Waals surface area (Å²) in [7, 11) is 0. The number of urea groups is 1. The van der Waals surface area contributed by atoms with Gasteiger partial charge in [0.15, 0.2) is 0 Å². The van der Waals surface area contributed by atoms with Crippen molar-refractivity contribution in [2.45, 2.75) is 27.2 Å². The van der Waals surface area contributed by atoms with E-state index in [4.69, 9.17) is 5.11 Å². The summed E-state index contributed by atoms with van der Waals surface area (Å²) >= 11 is 0. The van der Waals surface area contributed by atoms with Crippen molar-refractivity contribution in [3.8, 4) is 0 Å². The van der Waals surface area contributed by atoms with Crippen molar-refractivity contribution in [3.05, 3.63) is 35.9 Å². The van der Waals surface area contributed by atoms with Gasteiger partial charge in [-0.25, -0.2) is 4.79 Å². The molecule has 2 amide bonds. The second-order valence-corrected chi connectivity index (χ2v) is 6.65. The number of carbonyl (C=O) groups excluding carboxylic acids is 1. The molecule has 0 fully saturated rings. The molecule has 3 N–H and O–H groups in total. The van der Waals surface area contributed by atoms with Crippen LogP contribution in [0.25, 0.3) is 0 Å². The van der Waals surface area contributed by atoms with Gasteiger partial charge in [0.25, 0.3) is 0 Å². The third-order valence-corrected chi connectivity index (χ3v) is 4.41. The van der Waals surface area contributed by atoms with E-state index in [1.807, 2.05) is 44.2 Å². The van der Waals surface area contributed by atoms with Gasteiger partial charge < -0.3 is 20.4 Å². The number of carboxylic acid groups (broad SMARTS) is 1. The minimum atomic E-state index is -0.884. The summed E-state index contributed by atoms with van der Waals surface area (Å²) in [4.78, 5) is 25.0. The van der Waals surface area contributed by atoms with Crippen LogP contribution in [0.4, 0.5) is 4.79 Å². The van der Waals surface area contributed by atoms with E-state index in [1.54, 1.807) is 11.8 Å². The molecule has 0 radical (unpaired) electrons. The number of aliphatic carboxylic acids is 1. The Morgan fingerprint density at radius 3 is 2.38 bits per heavy atom. The summed E-state index contributed by atoms with van der Waals surface area (Å²) in [6.45, 7) is 6.14. The van der Waals surface area contributed by atoms with Crippen LogP contribution in [0.15, 0.2) is 30.3 Å². The minimum absolute atomic E-state index is 0.114. The second kappa shape index (κ2) is 9.27. The zero-order chi connectivity index (χ0) is 18.2. The lowest BCUT2D eigenvalue weighted by molar-refractivity contribution is -0.144. The van der Waals surface area contributed by atoms with Gasteiger partial charge >= 0.3 is 12.0 Å². The number of nitrogens with zero attached hydrogens (tertiary/aromatic N) is 1. The van der Waals surface area contributed by atoms with Crippen molar-refractivity contribution >= 4 is 12.0 Å². The summed E-state index contributed by atoms with van der Waals surface area (Å²) in [5.74, 6) is -1.46. The molecule has 0 spiro atoms. The number of hydrogen-bond donors (Lipinski definition) is 3. The molecule has 0 heterocycles. The fourth-order valence-corrected chi connectivity index (χ4v) is 2.25. The number of aliphatic hydroxyl groups is 1. The fourth-order valence-electron chi connectivity index (χ4n) is 2.25. The number of amides is 2. The van der Waals surface area contributed by atoms with Crippen LogP contribution >= 0.6 is 0 Å². The highest BCUT2D eigenvalue weighted by Gasteiger charge is 2.32. The van der Waals surface area contributed by atoms with E-state index in [9.17, 15) is 14.7 Å². The maximum absolute atomic E-state index is 12.3. The molecule has 0 aromatic heterocycles. The lowest BCUT2D eigenvalue weighted by Gasteiger charge is -2.31. The molecule has 0 aliphatic heterocycles. The highest BCUT2D eigenvalue weighted by Crippen LogP contribution is 2.25. The van der Waals surface area contributed by atoms with Crippen LogP contribution in [-0.4, -0.2) is 53.4 Å². The summed E-state index contributed by atoms with van der Waals surface area (Å²) < 4.78 is 0. The number of aliphatic hydroxyl groups excluding tert-OH is 1. The van der Waals surface area contributed by atoms with Crippen LogP contribution in [0, 0.1) is 11.3 Å². The summed E-state index contributed by atoms with van der Waals surface area (Å²) in [5, 5.41) is 21.1. The molecule has 6 heteroatoms. The molecule has 0 saturated heterocycles. The Morgan fingerprint density at radius 1 is 1.21 bits per heavy atom. The molecule has 24 heavy (non-hydrogen) atoms. The quantitative estimate of drug-likeness (QED) is 0.643. The number of carboxylic acids is 1. The van der Waals surface area contributed by atoms with Crippen molar-refractivity contribution in [1.29, 1.82) is 0 Å². The highest BCUT2D eigenvalue weighted by atomic mass is 16.4. The monoisotopic (exact) mass is 336 g/mol. The predicted molar refractivity (Wildman–Crippen MR) is 92.8 cm³/mol. The van der Waals surface area contributed by atoms with E-state index in [2.05, 4.69) is 5.32 Å². The van der Waals surface area contributed by atoms with Crippen molar-refractivity contribution in [1.82, 2.24) is 10.2 Å². The highest BCUT2D eigenvalue weighted by molar-refractivity contribution is 5.74. The molecule has 0 saturated carbocycles. The van der Waals surface area contributed by atoms with Gasteiger partial charge in [-0.15, -0.1) is 0 Å². The molecular formula is C18H28N2O4. The van der Waals surface area contributed by atoms with Gasteiger partial charge in [0.05, 0.1) is 12.5 Å². The van der Waals surface area contributed by atoms with Crippen LogP contribution in [0.3, 0.4) is 0 Å². The fraction of sp³-hybridized carbons (Fsp3) is 0.556. The standard InChI is InChI=1S/C18H28N2O4/c1-14(16(22)23)18(2,3)13-19-17(24)20(11-12-21)10-9-15-7-5-4-6-8-15/h4-8,14,21H,9-13H2,1-3H3,(H,19,24)(H,22,23)/t14-/m1/s1. The Bertz CT molecular complexity index is 531. The van der Waals surface area contributed by atoms with E-state index < -0.39 is 17.3 Å². The maximum atomic E-state index is 12.3.